The van der Waals surface area contributed by atoms with E-state index in [1.807, 2.05) is 0 Å². The van der Waals surface area contributed by atoms with Gasteiger partial charge in [0.2, 0.25) is 0 Å². The molecule has 0 atom stereocenters. The van der Waals surface area contributed by atoms with Gasteiger partial charge in [-0.15, -0.1) is 0 Å². The van der Waals surface area contributed by atoms with Crippen molar-refractivity contribution in [2.24, 2.45) is 0 Å². The fourth-order valence-electron chi connectivity index (χ4n) is 6.92. The van der Waals surface area contributed by atoms with Crippen molar-refractivity contribution >= 4 is 49.8 Å². The van der Waals surface area contributed by atoms with E-state index in [9.17, 15) is 0 Å². The van der Waals surface area contributed by atoms with E-state index in [0.717, 1.165) is 50.0 Å². The van der Waals surface area contributed by atoms with Crippen molar-refractivity contribution in [3.8, 4) is 33.4 Å². The first-order valence-electron chi connectivity index (χ1n) is 16.3. The first kappa shape index (κ1) is 27.9. The fourth-order valence-corrected chi connectivity index (χ4v) is 6.92. The lowest BCUT2D eigenvalue weighted by Gasteiger charge is -2.26. The van der Waals surface area contributed by atoms with Crippen LogP contribution in [0.1, 0.15) is 0 Å². The van der Waals surface area contributed by atoms with Gasteiger partial charge in [0.05, 0.1) is 0 Å². The lowest BCUT2D eigenvalue weighted by Crippen LogP contribution is -2.09. The van der Waals surface area contributed by atoms with Gasteiger partial charge in [-0.2, -0.15) is 0 Å². The summed E-state index contributed by atoms with van der Waals surface area (Å²) < 4.78 is 6.56. The molecule has 9 rings (SSSR count). The van der Waals surface area contributed by atoms with Crippen molar-refractivity contribution in [2.45, 2.75) is 0 Å². The van der Waals surface area contributed by atoms with E-state index in [-0.39, 0.29) is 0 Å². The SMILES string of the molecule is c1ccc(-c2ccc(N(c3ccccc3)c3cccc(-c4cc5c6cc(-c7ccccc7)ccc6oc5c5ccccc45)c3)cc2)cc1. The first-order chi connectivity index (χ1) is 23.8. The maximum Gasteiger partial charge on any atom is 0.143 e. The van der Waals surface area contributed by atoms with Crippen molar-refractivity contribution < 1.29 is 4.42 Å². The normalized spacial score (nSPS) is 11.3. The molecular weight excluding hydrogens is 583 g/mol. The van der Waals surface area contributed by atoms with Crippen LogP contribution in [-0.4, -0.2) is 0 Å². The summed E-state index contributed by atoms with van der Waals surface area (Å²) in [5, 5.41) is 4.53. The van der Waals surface area contributed by atoms with E-state index in [2.05, 4.69) is 193 Å². The van der Waals surface area contributed by atoms with E-state index in [4.69, 9.17) is 4.42 Å². The average Bonchev–Trinajstić information content (AvgIpc) is 3.54. The Morgan fingerprint density at radius 2 is 0.854 bits per heavy atom. The summed E-state index contributed by atoms with van der Waals surface area (Å²) in [5.41, 5.74) is 12.2. The Bertz CT molecular complexity index is 2530. The molecule has 2 heteroatoms. The highest BCUT2D eigenvalue weighted by Gasteiger charge is 2.18. The quantitative estimate of drug-likeness (QED) is 0.185. The molecule has 0 spiro atoms. The Morgan fingerprint density at radius 1 is 0.312 bits per heavy atom. The Balaban J connectivity index is 1.21. The van der Waals surface area contributed by atoms with Crippen LogP contribution in [0.5, 0.6) is 0 Å². The molecule has 0 bridgehead atoms. The minimum Gasteiger partial charge on any atom is -0.455 e. The van der Waals surface area contributed by atoms with Crippen LogP contribution in [0.25, 0.3) is 66.1 Å². The average molecular weight is 614 g/mol. The zero-order valence-corrected chi connectivity index (χ0v) is 26.3. The van der Waals surface area contributed by atoms with Gasteiger partial charge >= 0.3 is 0 Å². The molecular formula is C46H31NO. The highest BCUT2D eigenvalue weighted by molar-refractivity contribution is 6.19. The molecule has 0 aliphatic carbocycles. The summed E-state index contributed by atoms with van der Waals surface area (Å²) in [6, 6.07) is 66.8. The molecule has 0 saturated heterocycles. The Kier molecular flexibility index (Phi) is 6.84. The van der Waals surface area contributed by atoms with Crippen LogP contribution in [0.15, 0.2) is 192 Å². The maximum absolute atomic E-state index is 6.56. The molecule has 0 aliphatic rings. The molecule has 8 aromatic carbocycles. The number of para-hydroxylation sites is 1. The monoisotopic (exact) mass is 613 g/mol. The third-order valence-electron chi connectivity index (χ3n) is 9.25. The van der Waals surface area contributed by atoms with Crippen LogP contribution < -0.4 is 4.90 Å². The minimum atomic E-state index is 0.898. The zero-order chi connectivity index (χ0) is 31.9. The molecule has 0 unspecified atom stereocenters. The Labute approximate surface area is 279 Å². The molecule has 48 heavy (non-hydrogen) atoms. The predicted octanol–water partition coefficient (Wildman–Crippen LogP) is 13.2. The van der Waals surface area contributed by atoms with Crippen LogP contribution in [0.2, 0.25) is 0 Å². The lowest BCUT2D eigenvalue weighted by atomic mass is 9.94. The molecule has 1 heterocycles. The van der Waals surface area contributed by atoms with E-state index < -0.39 is 0 Å². The van der Waals surface area contributed by atoms with Gasteiger partial charge in [-0.25, -0.2) is 0 Å². The maximum atomic E-state index is 6.56. The second-order valence-corrected chi connectivity index (χ2v) is 12.2. The van der Waals surface area contributed by atoms with Crippen molar-refractivity contribution in [1.29, 1.82) is 0 Å². The molecule has 0 aliphatic heterocycles. The second-order valence-electron chi connectivity index (χ2n) is 12.2. The van der Waals surface area contributed by atoms with Crippen molar-refractivity contribution in [3.63, 3.8) is 0 Å². The van der Waals surface area contributed by atoms with Crippen molar-refractivity contribution in [3.05, 3.63) is 188 Å². The molecule has 0 fully saturated rings. The number of benzene rings is 8. The van der Waals surface area contributed by atoms with Gasteiger partial charge in [0.1, 0.15) is 11.2 Å². The molecule has 2 nitrogen and oxygen atoms in total. The zero-order valence-electron chi connectivity index (χ0n) is 26.3. The number of hydrogen-bond donors (Lipinski definition) is 0. The highest BCUT2D eigenvalue weighted by Crippen LogP contribution is 2.43. The number of nitrogens with zero attached hydrogens (tertiary/aromatic N) is 1. The van der Waals surface area contributed by atoms with E-state index in [0.29, 0.717) is 0 Å². The third-order valence-corrected chi connectivity index (χ3v) is 9.25. The molecule has 0 amide bonds. The smallest absolute Gasteiger partial charge is 0.143 e. The third kappa shape index (κ3) is 4.92. The van der Waals surface area contributed by atoms with Gasteiger partial charge in [0, 0.05) is 33.2 Å². The molecule has 9 aromatic rings. The lowest BCUT2D eigenvalue weighted by molar-refractivity contribution is 0.673. The van der Waals surface area contributed by atoms with Crippen LogP contribution in [0.4, 0.5) is 17.1 Å². The summed E-state index contributed by atoms with van der Waals surface area (Å²) in [7, 11) is 0. The fraction of sp³-hybridized carbons (Fsp3) is 0. The second kappa shape index (κ2) is 11.8. The molecule has 226 valence electrons. The Hall–Kier alpha value is -6.38. The Morgan fingerprint density at radius 3 is 1.58 bits per heavy atom. The first-order valence-corrected chi connectivity index (χ1v) is 16.3. The van der Waals surface area contributed by atoms with E-state index in [1.165, 1.54) is 33.2 Å². The van der Waals surface area contributed by atoms with Crippen LogP contribution in [0.3, 0.4) is 0 Å². The highest BCUT2D eigenvalue weighted by atomic mass is 16.3. The van der Waals surface area contributed by atoms with Gasteiger partial charge in [-0.05, 0) is 93.4 Å². The molecule has 0 N–H and O–H groups in total. The van der Waals surface area contributed by atoms with Gasteiger partial charge in [0.25, 0.3) is 0 Å². The molecule has 0 radical (unpaired) electrons. The number of hydrogen-bond acceptors (Lipinski definition) is 2. The van der Waals surface area contributed by atoms with E-state index >= 15 is 0 Å². The summed E-state index contributed by atoms with van der Waals surface area (Å²) in [5.74, 6) is 0. The van der Waals surface area contributed by atoms with Gasteiger partial charge < -0.3 is 9.32 Å². The van der Waals surface area contributed by atoms with Crippen molar-refractivity contribution in [2.75, 3.05) is 4.90 Å². The largest absolute Gasteiger partial charge is 0.455 e. The summed E-state index contributed by atoms with van der Waals surface area (Å²) in [4.78, 5) is 2.33. The summed E-state index contributed by atoms with van der Waals surface area (Å²) >= 11 is 0. The number of furan rings is 1. The number of anilines is 3. The minimum absolute atomic E-state index is 0.898. The number of fused-ring (bicyclic) bond motifs is 5. The van der Waals surface area contributed by atoms with Gasteiger partial charge in [-0.1, -0.05) is 133 Å². The van der Waals surface area contributed by atoms with Crippen molar-refractivity contribution in [1.82, 2.24) is 0 Å². The molecule has 1 aromatic heterocycles. The summed E-state index contributed by atoms with van der Waals surface area (Å²) in [6.45, 7) is 0. The number of rotatable bonds is 6. The van der Waals surface area contributed by atoms with Gasteiger partial charge in [0.15, 0.2) is 0 Å². The van der Waals surface area contributed by atoms with Gasteiger partial charge in [-0.3, -0.25) is 0 Å². The van der Waals surface area contributed by atoms with Crippen LogP contribution in [-0.2, 0) is 0 Å². The molecule has 0 saturated carbocycles. The predicted molar refractivity (Wildman–Crippen MR) is 202 cm³/mol. The summed E-state index contributed by atoms with van der Waals surface area (Å²) in [6.07, 6.45) is 0. The van der Waals surface area contributed by atoms with Crippen LogP contribution >= 0.6 is 0 Å². The van der Waals surface area contributed by atoms with E-state index in [1.54, 1.807) is 0 Å². The topological polar surface area (TPSA) is 16.4 Å². The standard InChI is InChI=1S/C46H31NO/c1-4-13-32(14-5-1)34-23-26-38(27-24-34)47(37-18-8-3-9-19-37)39-20-12-17-36(29-39)42-31-44-43-30-35(33-15-6-2-7-16-33)25-28-45(43)48-46(44)41-22-11-10-21-40(41)42/h1-31H. The van der Waals surface area contributed by atoms with Crippen LogP contribution in [0, 0.1) is 0 Å².